The van der Waals surface area contributed by atoms with Crippen molar-refractivity contribution < 1.29 is 14.3 Å². The molecule has 144 valence electrons. The largest absolute Gasteiger partial charge is 0.495 e. The number of rotatable bonds is 8. The summed E-state index contributed by atoms with van der Waals surface area (Å²) in [5.41, 5.74) is 2.38. The molecular formula is C20H24BrN3O3. The highest BCUT2D eigenvalue weighted by Crippen LogP contribution is 2.23. The molecule has 2 aromatic rings. The van der Waals surface area contributed by atoms with Crippen molar-refractivity contribution in [1.29, 1.82) is 0 Å². The number of hydrogen-bond acceptors (Lipinski definition) is 4. The smallest absolute Gasteiger partial charge is 0.238 e. The van der Waals surface area contributed by atoms with Crippen molar-refractivity contribution in [3.63, 3.8) is 0 Å². The second kappa shape index (κ2) is 10.1. The van der Waals surface area contributed by atoms with Crippen LogP contribution in [0.15, 0.2) is 46.9 Å². The maximum atomic E-state index is 12.3. The Hall–Kier alpha value is -2.38. The molecule has 7 heteroatoms. The number of nitrogens with zero attached hydrogens (tertiary/aromatic N) is 1. The van der Waals surface area contributed by atoms with Gasteiger partial charge in [0.25, 0.3) is 0 Å². The van der Waals surface area contributed by atoms with Crippen molar-refractivity contribution in [2.24, 2.45) is 0 Å². The Morgan fingerprint density at radius 1 is 1.07 bits per heavy atom. The molecule has 27 heavy (non-hydrogen) atoms. The number of carbonyl (C=O) groups excluding carboxylic acids is 2. The van der Waals surface area contributed by atoms with Crippen LogP contribution in [-0.4, -0.2) is 43.5 Å². The Morgan fingerprint density at radius 2 is 1.74 bits per heavy atom. The Labute approximate surface area is 168 Å². The quantitative estimate of drug-likeness (QED) is 0.666. The molecule has 2 aromatic carbocycles. The van der Waals surface area contributed by atoms with Gasteiger partial charge in [0.2, 0.25) is 11.8 Å². The molecule has 2 rings (SSSR count). The molecule has 0 aliphatic rings. The number of para-hydroxylation sites is 2. The predicted octanol–water partition coefficient (Wildman–Crippen LogP) is 3.67. The van der Waals surface area contributed by atoms with Crippen molar-refractivity contribution >= 4 is 39.1 Å². The highest BCUT2D eigenvalue weighted by Gasteiger charge is 2.15. The number of hydrogen-bond donors (Lipinski definition) is 2. The molecule has 0 spiro atoms. The van der Waals surface area contributed by atoms with E-state index in [0.29, 0.717) is 18.0 Å². The van der Waals surface area contributed by atoms with Gasteiger partial charge in [-0.3, -0.25) is 14.5 Å². The van der Waals surface area contributed by atoms with Crippen molar-refractivity contribution in [1.82, 2.24) is 4.90 Å². The third kappa shape index (κ3) is 6.37. The fraction of sp³-hybridized carbons (Fsp3) is 0.300. The van der Waals surface area contributed by atoms with Gasteiger partial charge in [-0.15, -0.1) is 0 Å². The first-order valence-electron chi connectivity index (χ1n) is 8.64. The lowest BCUT2D eigenvalue weighted by Crippen LogP contribution is -2.38. The first kappa shape index (κ1) is 20.9. The second-order valence-corrected chi connectivity index (χ2v) is 6.92. The average molecular weight is 434 g/mol. The zero-order valence-corrected chi connectivity index (χ0v) is 17.3. The summed E-state index contributed by atoms with van der Waals surface area (Å²) in [6.07, 6.45) is 0. The number of halogens is 1. The average Bonchev–Trinajstić information content (AvgIpc) is 2.64. The molecule has 2 amide bonds. The minimum Gasteiger partial charge on any atom is -0.495 e. The maximum absolute atomic E-state index is 12.3. The number of benzene rings is 2. The predicted molar refractivity (Wildman–Crippen MR) is 111 cm³/mol. The van der Waals surface area contributed by atoms with E-state index in [2.05, 4.69) is 26.6 Å². The molecule has 0 aromatic heterocycles. The topological polar surface area (TPSA) is 70.7 Å². The van der Waals surface area contributed by atoms with Crippen LogP contribution in [0.2, 0.25) is 0 Å². The van der Waals surface area contributed by atoms with Crippen molar-refractivity contribution in [2.75, 3.05) is 37.4 Å². The van der Waals surface area contributed by atoms with Gasteiger partial charge in [-0.1, -0.05) is 35.0 Å². The van der Waals surface area contributed by atoms with Crippen LogP contribution >= 0.6 is 15.9 Å². The van der Waals surface area contributed by atoms with E-state index in [-0.39, 0.29) is 24.9 Å². The zero-order chi connectivity index (χ0) is 19.8. The number of amides is 2. The van der Waals surface area contributed by atoms with Crippen LogP contribution in [0.5, 0.6) is 5.75 Å². The SMILES string of the molecule is CCN(CC(=O)Nc1ccc(Br)c(C)c1)CC(=O)Nc1ccccc1OC. The van der Waals surface area contributed by atoms with E-state index in [9.17, 15) is 9.59 Å². The molecule has 0 saturated carbocycles. The lowest BCUT2D eigenvalue weighted by molar-refractivity contribution is -0.119. The van der Waals surface area contributed by atoms with Crippen LogP contribution in [0.3, 0.4) is 0 Å². The van der Waals surface area contributed by atoms with Crippen LogP contribution in [0.25, 0.3) is 0 Å². The summed E-state index contributed by atoms with van der Waals surface area (Å²) in [5, 5.41) is 5.68. The molecule has 6 nitrogen and oxygen atoms in total. The molecular weight excluding hydrogens is 410 g/mol. The molecule has 0 atom stereocenters. The molecule has 0 aliphatic heterocycles. The minimum atomic E-state index is -0.200. The third-order valence-electron chi connectivity index (χ3n) is 4.00. The Morgan fingerprint density at radius 3 is 2.37 bits per heavy atom. The first-order valence-corrected chi connectivity index (χ1v) is 9.43. The summed E-state index contributed by atoms with van der Waals surface area (Å²) < 4.78 is 6.22. The van der Waals surface area contributed by atoms with Gasteiger partial charge in [0.1, 0.15) is 5.75 Å². The number of aryl methyl sites for hydroxylation is 1. The Bertz CT molecular complexity index is 811. The Balaban J connectivity index is 1.91. The normalized spacial score (nSPS) is 10.6. The molecule has 0 saturated heterocycles. The van der Waals surface area contributed by atoms with E-state index in [1.165, 1.54) is 0 Å². The summed E-state index contributed by atoms with van der Waals surface area (Å²) in [5.74, 6) is 0.231. The van der Waals surface area contributed by atoms with E-state index in [0.717, 1.165) is 15.7 Å². The summed E-state index contributed by atoms with van der Waals surface area (Å²) in [7, 11) is 1.55. The fourth-order valence-electron chi connectivity index (χ4n) is 2.55. The summed E-state index contributed by atoms with van der Waals surface area (Å²) in [6, 6.07) is 12.8. The Kier molecular flexibility index (Phi) is 7.82. The van der Waals surface area contributed by atoms with Gasteiger partial charge in [0.15, 0.2) is 0 Å². The van der Waals surface area contributed by atoms with Crippen molar-refractivity contribution in [3.05, 3.63) is 52.5 Å². The number of carbonyl (C=O) groups is 2. The van der Waals surface area contributed by atoms with Crippen LogP contribution in [0.1, 0.15) is 12.5 Å². The minimum absolute atomic E-state index is 0.112. The van der Waals surface area contributed by atoms with E-state index >= 15 is 0 Å². The van der Waals surface area contributed by atoms with E-state index in [4.69, 9.17) is 4.74 Å². The summed E-state index contributed by atoms with van der Waals surface area (Å²) >= 11 is 3.44. The number of nitrogens with one attached hydrogen (secondary N) is 2. The van der Waals surface area contributed by atoms with Crippen LogP contribution in [0, 0.1) is 6.92 Å². The molecule has 0 fully saturated rings. The van der Waals surface area contributed by atoms with Gasteiger partial charge in [-0.25, -0.2) is 0 Å². The zero-order valence-electron chi connectivity index (χ0n) is 15.7. The number of ether oxygens (including phenoxy) is 1. The monoisotopic (exact) mass is 433 g/mol. The highest BCUT2D eigenvalue weighted by molar-refractivity contribution is 9.10. The molecule has 0 unspecified atom stereocenters. The van der Waals surface area contributed by atoms with Crippen molar-refractivity contribution in [2.45, 2.75) is 13.8 Å². The first-order chi connectivity index (χ1) is 12.9. The van der Waals surface area contributed by atoms with Crippen LogP contribution < -0.4 is 15.4 Å². The van der Waals surface area contributed by atoms with Crippen LogP contribution in [-0.2, 0) is 9.59 Å². The van der Waals surface area contributed by atoms with Gasteiger partial charge in [-0.2, -0.15) is 0 Å². The van der Waals surface area contributed by atoms with Gasteiger partial charge >= 0.3 is 0 Å². The molecule has 0 bridgehead atoms. The highest BCUT2D eigenvalue weighted by atomic mass is 79.9. The van der Waals surface area contributed by atoms with Crippen molar-refractivity contribution in [3.8, 4) is 5.75 Å². The van der Waals surface area contributed by atoms with Gasteiger partial charge < -0.3 is 15.4 Å². The lowest BCUT2D eigenvalue weighted by atomic mass is 10.2. The van der Waals surface area contributed by atoms with E-state index in [1.54, 1.807) is 24.1 Å². The summed E-state index contributed by atoms with van der Waals surface area (Å²) in [6.45, 7) is 4.69. The van der Waals surface area contributed by atoms with E-state index < -0.39 is 0 Å². The molecule has 0 heterocycles. The van der Waals surface area contributed by atoms with Crippen LogP contribution in [0.4, 0.5) is 11.4 Å². The number of likely N-dealkylation sites (N-methyl/N-ethyl adjacent to an activating group) is 1. The van der Waals surface area contributed by atoms with Gasteiger partial charge in [-0.05, 0) is 49.4 Å². The fourth-order valence-corrected chi connectivity index (χ4v) is 2.79. The lowest BCUT2D eigenvalue weighted by Gasteiger charge is -2.20. The van der Waals surface area contributed by atoms with Gasteiger partial charge in [0.05, 0.1) is 25.9 Å². The second-order valence-electron chi connectivity index (χ2n) is 6.06. The maximum Gasteiger partial charge on any atom is 0.238 e. The van der Waals surface area contributed by atoms with E-state index in [1.807, 2.05) is 44.2 Å². The number of methoxy groups -OCH3 is 1. The number of anilines is 2. The standard InChI is InChI=1S/C20H24BrN3O3/c1-4-24(12-19(25)22-15-9-10-16(21)14(2)11-15)13-20(26)23-17-7-5-6-8-18(17)27-3/h5-11H,4,12-13H2,1-3H3,(H,22,25)(H,23,26). The molecule has 0 radical (unpaired) electrons. The summed E-state index contributed by atoms with van der Waals surface area (Å²) in [4.78, 5) is 26.4. The van der Waals surface area contributed by atoms with Gasteiger partial charge in [0, 0.05) is 10.2 Å². The third-order valence-corrected chi connectivity index (χ3v) is 4.89. The molecule has 2 N–H and O–H groups in total. The molecule has 0 aliphatic carbocycles.